The summed E-state index contributed by atoms with van der Waals surface area (Å²) in [5, 5.41) is 11.7. The molecule has 20 heavy (non-hydrogen) atoms. The molecule has 0 saturated carbocycles. The first-order valence-electron chi connectivity index (χ1n) is 6.39. The Bertz CT molecular complexity index is 661. The topological polar surface area (TPSA) is 83.7 Å². The van der Waals surface area contributed by atoms with Crippen LogP contribution in [0.15, 0.2) is 24.4 Å². The maximum atomic E-state index is 12.3. The minimum atomic E-state index is -1.04. The summed E-state index contributed by atoms with van der Waals surface area (Å²) in [4.78, 5) is 27.8. The van der Waals surface area contributed by atoms with E-state index >= 15 is 0 Å². The van der Waals surface area contributed by atoms with Crippen molar-refractivity contribution in [2.75, 3.05) is 0 Å². The highest BCUT2D eigenvalue weighted by Crippen LogP contribution is 2.12. The second-order valence-corrected chi connectivity index (χ2v) is 5.01. The van der Waals surface area contributed by atoms with Gasteiger partial charge in [0.25, 0.3) is 5.91 Å². The van der Waals surface area contributed by atoms with Crippen molar-refractivity contribution in [3.63, 3.8) is 0 Å². The van der Waals surface area contributed by atoms with Gasteiger partial charge in [-0.3, -0.25) is 9.20 Å². The largest absolute Gasteiger partial charge is 0.480 e. The van der Waals surface area contributed by atoms with Crippen LogP contribution in [0.5, 0.6) is 0 Å². The lowest BCUT2D eigenvalue weighted by Crippen LogP contribution is -2.44. The molecule has 1 unspecified atom stereocenters. The standard InChI is InChI=1S/C14H17N3O3/c1-8(2)11(14(19)20)16-13(18)12-9(3)15-10-6-4-5-7-17(10)12/h4-8,11H,1-3H3,(H,16,18)(H,19,20). The number of carbonyl (C=O) groups excluding carboxylic acids is 1. The van der Waals surface area contributed by atoms with Gasteiger partial charge in [-0.25, -0.2) is 9.78 Å². The van der Waals surface area contributed by atoms with Gasteiger partial charge in [0.05, 0.1) is 5.69 Å². The predicted octanol–water partition coefficient (Wildman–Crippen LogP) is 1.48. The second-order valence-electron chi connectivity index (χ2n) is 5.01. The second kappa shape index (κ2) is 5.32. The summed E-state index contributed by atoms with van der Waals surface area (Å²) in [7, 11) is 0. The number of amides is 1. The molecule has 0 aliphatic rings. The zero-order valence-electron chi connectivity index (χ0n) is 11.6. The van der Waals surface area contributed by atoms with Gasteiger partial charge in [0.2, 0.25) is 0 Å². The number of nitrogens with one attached hydrogen (secondary N) is 1. The number of carboxylic acids is 1. The van der Waals surface area contributed by atoms with Gasteiger partial charge in [-0.15, -0.1) is 0 Å². The average Bonchev–Trinajstić information content (AvgIpc) is 2.70. The number of imidazole rings is 1. The van der Waals surface area contributed by atoms with Crippen molar-refractivity contribution in [2.24, 2.45) is 5.92 Å². The summed E-state index contributed by atoms with van der Waals surface area (Å²) in [6.07, 6.45) is 1.73. The molecule has 6 nitrogen and oxygen atoms in total. The molecule has 2 aromatic heterocycles. The highest BCUT2D eigenvalue weighted by molar-refractivity contribution is 5.97. The van der Waals surface area contributed by atoms with Crippen molar-refractivity contribution in [3.8, 4) is 0 Å². The lowest BCUT2D eigenvalue weighted by atomic mass is 10.0. The lowest BCUT2D eigenvalue weighted by molar-refractivity contribution is -0.140. The zero-order chi connectivity index (χ0) is 14.9. The molecule has 0 bridgehead atoms. The first-order chi connectivity index (χ1) is 9.41. The van der Waals surface area contributed by atoms with E-state index in [4.69, 9.17) is 5.11 Å². The Balaban J connectivity index is 2.36. The fourth-order valence-corrected chi connectivity index (χ4v) is 2.11. The Morgan fingerprint density at radius 1 is 1.35 bits per heavy atom. The van der Waals surface area contributed by atoms with Gasteiger partial charge < -0.3 is 10.4 Å². The van der Waals surface area contributed by atoms with E-state index in [-0.39, 0.29) is 5.92 Å². The first kappa shape index (κ1) is 14.0. The van der Waals surface area contributed by atoms with Crippen LogP contribution in [0.2, 0.25) is 0 Å². The molecule has 0 aliphatic carbocycles. The molecule has 0 fully saturated rings. The van der Waals surface area contributed by atoms with Crippen molar-refractivity contribution >= 4 is 17.5 Å². The van der Waals surface area contributed by atoms with Gasteiger partial charge in [-0.1, -0.05) is 19.9 Å². The van der Waals surface area contributed by atoms with E-state index in [0.29, 0.717) is 17.0 Å². The highest BCUT2D eigenvalue weighted by atomic mass is 16.4. The van der Waals surface area contributed by atoms with Crippen molar-refractivity contribution < 1.29 is 14.7 Å². The van der Waals surface area contributed by atoms with Crippen LogP contribution in [-0.4, -0.2) is 32.4 Å². The normalized spacial score (nSPS) is 12.6. The summed E-state index contributed by atoms with van der Waals surface area (Å²) in [5.74, 6) is -1.67. The van der Waals surface area contributed by atoms with Crippen LogP contribution in [0.25, 0.3) is 5.65 Å². The first-order valence-corrected chi connectivity index (χ1v) is 6.39. The van der Waals surface area contributed by atoms with E-state index in [1.54, 1.807) is 43.5 Å². The summed E-state index contributed by atoms with van der Waals surface area (Å²) in [6.45, 7) is 5.23. The van der Waals surface area contributed by atoms with Gasteiger partial charge in [0.15, 0.2) is 0 Å². The molecule has 0 aliphatic heterocycles. The number of hydrogen-bond donors (Lipinski definition) is 2. The highest BCUT2D eigenvalue weighted by Gasteiger charge is 2.26. The number of carboxylic acid groups (broad SMARTS) is 1. The van der Waals surface area contributed by atoms with Crippen LogP contribution in [-0.2, 0) is 4.79 Å². The summed E-state index contributed by atoms with van der Waals surface area (Å²) in [5.41, 5.74) is 1.60. The van der Waals surface area contributed by atoms with Crippen molar-refractivity contribution in [2.45, 2.75) is 26.8 Å². The average molecular weight is 275 g/mol. The number of aromatic nitrogens is 2. The van der Waals surface area contributed by atoms with Gasteiger partial charge in [0, 0.05) is 6.20 Å². The van der Waals surface area contributed by atoms with Crippen molar-refractivity contribution in [1.29, 1.82) is 0 Å². The zero-order valence-corrected chi connectivity index (χ0v) is 11.6. The van der Waals surface area contributed by atoms with Gasteiger partial charge in [0.1, 0.15) is 17.4 Å². The third-order valence-corrected chi connectivity index (χ3v) is 3.14. The number of aryl methyl sites for hydroxylation is 1. The Hall–Kier alpha value is -2.37. The molecule has 6 heteroatoms. The van der Waals surface area contributed by atoms with E-state index in [2.05, 4.69) is 10.3 Å². The van der Waals surface area contributed by atoms with Crippen LogP contribution in [0, 0.1) is 12.8 Å². The Labute approximate surface area is 116 Å². The molecule has 1 atom stereocenters. The Morgan fingerprint density at radius 2 is 2.05 bits per heavy atom. The molecule has 0 spiro atoms. The van der Waals surface area contributed by atoms with Gasteiger partial charge in [-0.05, 0) is 25.0 Å². The molecule has 2 N–H and O–H groups in total. The smallest absolute Gasteiger partial charge is 0.326 e. The van der Waals surface area contributed by atoms with Crippen LogP contribution >= 0.6 is 0 Å². The SMILES string of the molecule is Cc1nc2ccccn2c1C(=O)NC(C(=O)O)C(C)C. The third kappa shape index (κ3) is 2.49. The van der Waals surface area contributed by atoms with Crippen molar-refractivity contribution in [3.05, 3.63) is 35.8 Å². The van der Waals surface area contributed by atoms with E-state index in [1.165, 1.54) is 0 Å². The van der Waals surface area contributed by atoms with Crippen LogP contribution < -0.4 is 5.32 Å². The number of rotatable bonds is 4. The van der Waals surface area contributed by atoms with E-state index in [1.807, 2.05) is 6.07 Å². The van der Waals surface area contributed by atoms with E-state index < -0.39 is 17.9 Å². The maximum absolute atomic E-state index is 12.3. The molecular formula is C14H17N3O3. The third-order valence-electron chi connectivity index (χ3n) is 3.14. The molecule has 2 heterocycles. The molecule has 1 amide bonds. The van der Waals surface area contributed by atoms with E-state index in [0.717, 1.165) is 0 Å². The molecule has 0 saturated heterocycles. The summed E-state index contributed by atoms with van der Waals surface area (Å²) in [6, 6.07) is 4.50. The fourth-order valence-electron chi connectivity index (χ4n) is 2.11. The minimum Gasteiger partial charge on any atom is -0.480 e. The lowest BCUT2D eigenvalue weighted by Gasteiger charge is -2.17. The molecule has 106 valence electrons. The predicted molar refractivity (Wildman–Crippen MR) is 73.7 cm³/mol. The molecule has 0 radical (unpaired) electrons. The number of carbonyl (C=O) groups is 2. The van der Waals surface area contributed by atoms with Gasteiger partial charge in [-0.2, -0.15) is 0 Å². The van der Waals surface area contributed by atoms with Gasteiger partial charge >= 0.3 is 5.97 Å². The van der Waals surface area contributed by atoms with Crippen LogP contribution in [0.4, 0.5) is 0 Å². The van der Waals surface area contributed by atoms with Crippen LogP contribution in [0.3, 0.4) is 0 Å². The summed E-state index contributed by atoms with van der Waals surface area (Å²) < 4.78 is 1.66. The van der Waals surface area contributed by atoms with E-state index in [9.17, 15) is 9.59 Å². The van der Waals surface area contributed by atoms with Crippen LogP contribution in [0.1, 0.15) is 30.0 Å². The number of nitrogens with zero attached hydrogens (tertiary/aromatic N) is 2. The maximum Gasteiger partial charge on any atom is 0.326 e. The summed E-state index contributed by atoms with van der Waals surface area (Å²) >= 11 is 0. The monoisotopic (exact) mass is 275 g/mol. The molecular weight excluding hydrogens is 258 g/mol. The number of hydrogen-bond acceptors (Lipinski definition) is 3. The molecule has 2 aromatic rings. The fraction of sp³-hybridized carbons (Fsp3) is 0.357. The number of fused-ring (bicyclic) bond motifs is 1. The number of aliphatic carboxylic acids is 1. The number of pyridine rings is 1. The minimum absolute atomic E-state index is 0.198. The van der Waals surface area contributed by atoms with Crippen molar-refractivity contribution in [1.82, 2.24) is 14.7 Å². The molecule has 0 aromatic carbocycles. The molecule has 2 rings (SSSR count). The Morgan fingerprint density at radius 3 is 2.65 bits per heavy atom. The Kier molecular flexibility index (Phi) is 3.74. The quantitative estimate of drug-likeness (QED) is 0.885.